The number of amides is 2. The van der Waals surface area contributed by atoms with Crippen molar-refractivity contribution in [2.24, 2.45) is 0 Å². The number of hydrogen-bond acceptors (Lipinski definition) is 4. The summed E-state index contributed by atoms with van der Waals surface area (Å²) < 4.78 is 5.27. The van der Waals surface area contributed by atoms with Crippen LogP contribution in [0.3, 0.4) is 0 Å². The molecule has 25 heavy (non-hydrogen) atoms. The monoisotopic (exact) mass is 345 g/mol. The van der Waals surface area contributed by atoms with Crippen molar-refractivity contribution < 1.29 is 14.3 Å². The molecule has 1 atom stereocenters. The number of carbonyl (C=O) groups excluding carboxylic acids is 2. The van der Waals surface area contributed by atoms with Gasteiger partial charge in [-0.3, -0.25) is 4.79 Å². The van der Waals surface area contributed by atoms with Crippen LogP contribution in [0.5, 0.6) is 0 Å². The maximum absolute atomic E-state index is 12.7. The second-order valence-electron chi connectivity index (χ2n) is 7.25. The van der Waals surface area contributed by atoms with Gasteiger partial charge in [-0.05, 0) is 52.3 Å². The largest absolute Gasteiger partial charge is 0.444 e. The summed E-state index contributed by atoms with van der Waals surface area (Å²) in [7, 11) is 1.70. The van der Waals surface area contributed by atoms with Gasteiger partial charge in [0, 0.05) is 19.5 Å². The molecule has 0 fully saturated rings. The second-order valence-corrected chi connectivity index (χ2v) is 7.25. The van der Waals surface area contributed by atoms with E-state index in [-0.39, 0.29) is 11.9 Å². The molecule has 0 saturated heterocycles. The summed E-state index contributed by atoms with van der Waals surface area (Å²) in [6, 6.07) is 8.27. The van der Waals surface area contributed by atoms with Crippen LogP contribution < -0.4 is 5.32 Å². The molecular weight excluding hydrogens is 318 g/mol. The van der Waals surface area contributed by atoms with E-state index in [1.54, 1.807) is 57.0 Å². The van der Waals surface area contributed by atoms with Crippen molar-refractivity contribution in [3.05, 3.63) is 35.4 Å². The highest BCUT2D eigenvalue weighted by Crippen LogP contribution is 2.11. The lowest BCUT2D eigenvalue weighted by Crippen LogP contribution is -2.51. The fourth-order valence-electron chi connectivity index (χ4n) is 2.10. The van der Waals surface area contributed by atoms with Crippen molar-refractivity contribution in [3.8, 4) is 6.07 Å². The van der Waals surface area contributed by atoms with Gasteiger partial charge < -0.3 is 15.0 Å². The summed E-state index contributed by atoms with van der Waals surface area (Å²) in [5.41, 5.74) is 0.757. The number of rotatable bonds is 5. The maximum Gasteiger partial charge on any atom is 0.408 e. The number of nitrogens with one attached hydrogen (secondary N) is 1. The summed E-state index contributed by atoms with van der Waals surface area (Å²) >= 11 is 0. The number of benzene rings is 1. The summed E-state index contributed by atoms with van der Waals surface area (Å²) in [5, 5.41) is 11.5. The van der Waals surface area contributed by atoms with Crippen molar-refractivity contribution in [1.29, 1.82) is 5.26 Å². The van der Waals surface area contributed by atoms with Crippen molar-refractivity contribution in [3.63, 3.8) is 0 Å². The van der Waals surface area contributed by atoms with Gasteiger partial charge in [-0.1, -0.05) is 12.1 Å². The molecule has 0 heterocycles. The standard InChI is InChI=1S/C19H27N3O3/c1-13(2)22(6)17(23)16(21-18(24)25-19(3,4)5)11-14-7-9-15(12-20)10-8-14/h7-10,13,16H,11H2,1-6H3,(H,21,24)/t16-/m1/s1. The molecule has 0 aliphatic rings. The van der Waals surface area contributed by atoms with Gasteiger partial charge in [0.1, 0.15) is 11.6 Å². The minimum absolute atomic E-state index is 0.0106. The Morgan fingerprint density at radius 1 is 1.24 bits per heavy atom. The third-order valence-corrected chi connectivity index (χ3v) is 3.63. The lowest BCUT2D eigenvalue weighted by molar-refractivity contribution is -0.133. The van der Waals surface area contributed by atoms with Gasteiger partial charge in [0.15, 0.2) is 0 Å². The SMILES string of the molecule is CC(C)N(C)C(=O)[C@@H](Cc1ccc(C#N)cc1)NC(=O)OC(C)(C)C. The van der Waals surface area contributed by atoms with E-state index >= 15 is 0 Å². The van der Waals surface area contributed by atoms with Crippen LogP contribution in [-0.4, -0.2) is 41.6 Å². The van der Waals surface area contributed by atoms with Gasteiger partial charge in [-0.15, -0.1) is 0 Å². The molecule has 0 spiro atoms. The number of alkyl carbamates (subject to hydrolysis) is 1. The molecular formula is C19H27N3O3. The molecule has 1 aromatic carbocycles. The summed E-state index contributed by atoms with van der Waals surface area (Å²) in [6.45, 7) is 9.12. The van der Waals surface area contributed by atoms with Crippen molar-refractivity contribution in [1.82, 2.24) is 10.2 Å². The second kappa shape index (κ2) is 8.52. The molecule has 1 rings (SSSR count). The van der Waals surface area contributed by atoms with Crippen LogP contribution in [0.15, 0.2) is 24.3 Å². The minimum Gasteiger partial charge on any atom is -0.444 e. The number of likely N-dealkylation sites (N-methyl/N-ethyl adjacent to an activating group) is 1. The maximum atomic E-state index is 12.7. The minimum atomic E-state index is -0.741. The molecule has 1 aromatic rings. The first-order chi connectivity index (χ1) is 11.5. The van der Waals surface area contributed by atoms with Gasteiger partial charge in [0.05, 0.1) is 11.6 Å². The van der Waals surface area contributed by atoms with Crippen molar-refractivity contribution in [2.75, 3.05) is 7.05 Å². The van der Waals surface area contributed by atoms with E-state index in [0.717, 1.165) is 5.56 Å². The van der Waals surface area contributed by atoms with Gasteiger partial charge >= 0.3 is 6.09 Å². The first kappa shape index (κ1) is 20.5. The molecule has 0 aromatic heterocycles. The Balaban J connectivity index is 2.95. The van der Waals surface area contributed by atoms with Crippen LogP contribution in [-0.2, 0) is 16.0 Å². The zero-order valence-electron chi connectivity index (χ0n) is 15.8. The van der Waals surface area contributed by atoms with E-state index in [9.17, 15) is 9.59 Å². The summed E-state index contributed by atoms with van der Waals surface area (Å²) in [6.07, 6.45) is -0.308. The lowest BCUT2D eigenvalue weighted by atomic mass is 10.0. The Hall–Kier alpha value is -2.55. The average Bonchev–Trinajstić information content (AvgIpc) is 2.51. The van der Waals surface area contributed by atoms with E-state index in [1.807, 2.05) is 13.8 Å². The van der Waals surface area contributed by atoms with Gasteiger partial charge in [-0.25, -0.2) is 4.79 Å². The fraction of sp³-hybridized carbons (Fsp3) is 0.526. The highest BCUT2D eigenvalue weighted by atomic mass is 16.6. The molecule has 6 heteroatoms. The van der Waals surface area contributed by atoms with E-state index in [0.29, 0.717) is 12.0 Å². The molecule has 0 bridgehead atoms. The molecule has 136 valence electrons. The molecule has 0 radical (unpaired) electrons. The highest BCUT2D eigenvalue weighted by Gasteiger charge is 2.27. The van der Waals surface area contributed by atoms with Crippen LogP contribution in [0.2, 0.25) is 0 Å². The molecule has 0 saturated carbocycles. The first-order valence-electron chi connectivity index (χ1n) is 8.28. The quantitative estimate of drug-likeness (QED) is 0.889. The molecule has 2 amide bonds. The van der Waals surface area contributed by atoms with Crippen LogP contribution in [0.1, 0.15) is 45.7 Å². The zero-order valence-corrected chi connectivity index (χ0v) is 15.8. The van der Waals surface area contributed by atoms with Gasteiger partial charge in [0.2, 0.25) is 5.91 Å². The predicted molar refractivity (Wildman–Crippen MR) is 95.9 cm³/mol. The topological polar surface area (TPSA) is 82.4 Å². The smallest absolute Gasteiger partial charge is 0.408 e. The third kappa shape index (κ3) is 6.84. The van der Waals surface area contributed by atoms with E-state index < -0.39 is 17.7 Å². The average molecular weight is 345 g/mol. The van der Waals surface area contributed by atoms with Crippen LogP contribution in [0, 0.1) is 11.3 Å². The highest BCUT2D eigenvalue weighted by molar-refractivity contribution is 5.86. The molecule has 0 aliphatic heterocycles. The van der Waals surface area contributed by atoms with Crippen LogP contribution >= 0.6 is 0 Å². The summed E-state index contributed by atoms with van der Waals surface area (Å²) in [5.74, 6) is -0.190. The number of hydrogen-bond donors (Lipinski definition) is 1. The van der Waals surface area contributed by atoms with Gasteiger partial charge in [0.25, 0.3) is 0 Å². The van der Waals surface area contributed by atoms with Crippen molar-refractivity contribution >= 4 is 12.0 Å². The lowest BCUT2D eigenvalue weighted by Gasteiger charge is -2.28. The normalized spacial score (nSPS) is 12.2. The van der Waals surface area contributed by atoms with Crippen LogP contribution in [0.25, 0.3) is 0 Å². The Labute approximate surface area is 149 Å². The van der Waals surface area contributed by atoms with E-state index in [4.69, 9.17) is 10.00 Å². The Morgan fingerprint density at radius 2 is 1.80 bits per heavy atom. The number of ether oxygens (including phenoxy) is 1. The Bertz CT molecular complexity index is 639. The number of carbonyl (C=O) groups is 2. The molecule has 0 aliphatic carbocycles. The molecule has 6 nitrogen and oxygen atoms in total. The van der Waals surface area contributed by atoms with Crippen LogP contribution in [0.4, 0.5) is 4.79 Å². The fourth-order valence-corrected chi connectivity index (χ4v) is 2.10. The van der Waals surface area contributed by atoms with Gasteiger partial charge in [-0.2, -0.15) is 5.26 Å². The summed E-state index contributed by atoms with van der Waals surface area (Å²) in [4.78, 5) is 26.4. The van der Waals surface area contributed by atoms with E-state index in [2.05, 4.69) is 11.4 Å². The number of nitriles is 1. The zero-order chi connectivity index (χ0) is 19.2. The van der Waals surface area contributed by atoms with Crippen molar-refractivity contribution in [2.45, 2.75) is 58.7 Å². The Morgan fingerprint density at radius 3 is 2.24 bits per heavy atom. The first-order valence-corrected chi connectivity index (χ1v) is 8.28. The third-order valence-electron chi connectivity index (χ3n) is 3.63. The Kier molecular flexibility index (Phi) is 6.98. The van der Waals surface area contributed by atoms with E-state index in [1.165, 1.54) is 0 Å². The molecule has 1 N–H and O–H groups in total. The number of nitrogens with zero attached hydrogens (tertiary/aromatic N) is 2. The predicted octanol–water partition coefficient (Wildman–Crippen LogP) is 2.86. The molecule has 0 unspecified atom stereocenters.